The molecule has 0 unspecified atom stereocenters. The lowest BCUT2D eigenvalue weighted by molar-refractivity contribution is -0.145. The Balaban J connectivity index is 2.62. The number of ether oxygens (including phenoxy) is 1. The SMILES string of the molecule is COC(=O)[C@@H](CO)NC(=O)/C=C/c1cccc(Cl)c1. The van der Waals surface area contributed by atoms with Crippen molar-refractivity contribution in [3.63, 3.8) is 0 Å². The summed E-state index contributed by atoms with van der Waals surface area (Å²) in [7, 11) is 1.18. The molecule has 1 rings (SSSR count). The smallest absolute Gasteiger partial charge is 0.330 e. The molecule has 1 atom stereocenters. The predicted octanol–water partition coefficient (Wildman–Crippen LogP) is 1.00. The molecule has 0 spiro atoms. The third-order valence-corrected chi connectivity index (χ3v) is 2.50. The van der Waals surface area contributed by atoms with E-state index in [0.29, 0.717) is 5.02 Å². The summed E-state index contributed by atoms with van der Waals surface area (Å²) in [6.45, 7) is -0.524. The Morgan fingerprint density at radius 3 is 2.84 bits per heavy atom. The summed E-state index contributed by atoms with van der Waals surface area (Å²) < 4.78 is 4.43. The Hall–Kier alpha value is -1.85. The largest absolute Gasteiger partial charge is 0.467 e. The van der Waals surface area contributed by atoms with Crippen LogP contribution in [0.4, 0.5) is 0 Å². The molecule has 6 heteroatoms. The monoisotopic (exact) mass is 283 g/mol. The van der Waals surface area contributed by atoms with Crippen molar-refractivity contribution in [2.45, 2.75) is 6.04 Å². The minimum absolute atomic E-state index is 0.510. The van der Waals surface area contributed by atoms with E-state index in [1.165, 1.54) is 13.2 Å². The number of hydrogen-bond acceptors (Lipinski definition) is 4. The lowest BCUT2D eigenvalue weighted by Crippen LogP contribution is -2.43. The highest BCUT2D eigenvalue weighted by atomic mass is 35.5. The first-order valence-electron chi connectivity index (χ1n) is 5.49. The fourth-order valence-electron chi connectivity index (χ4n) is 1.32. The number of methoxy groups -OCH3 is 1. The van der Waals surface area contributed by atoms with Gasteiger partial charge in [-0.05, 0) is 23.8 Å². The summed E-state index contributed by atoms with van der Waals surface area (Å²) in [5.74, 6) is -1.21. The van der Waals surface area contributed by atoms with E-state index in [1.807, 2.05) is 0 Å². The van der Waals surface area contributed by atoms with Gasteiger partial charge >= 0.3 is 5.97 Å². The summed E-state index contributed by atoms with van der Waals surface area (Å²) in [6, 6.07) is 5.87. The number of hydrogen-bond donors (Lipinski definition) is 2. The van der Waals surface area contributed by atoms with Gasteiger partial charge in [-0.1, -0.05) is 23.7 Å². The summed E-state index contributed by atoms with van der Waals surface area (Å²) in [5, 5.41) is 11.8. The minimum atomic E-state index is -1.07. The van der Waals surface area contributed by atoms with Gasteiger partial charge in [-0.2, -0.15) is 0 Å². The molecule has 0 aliphatic carbocycles. The Morgan fingerprint density at radius 2 is 2.26 bits per heavy atom. The maximum Gasteiger partial charge on any atom is 0.330 e. The molecule has 0 aliphatic rings. The van der Waals surface area contributed by atoms with Crippen LogP contribution in [0.15, 0.2) is 30.3 Å². The molecule has 5 nitrogen and oxygen atoms in total. The number of nitrogens with one attached hydrogen (secondary N) is 1. The highest BCUT2D eigenvalue weighted by Gasteiger charge is 2.18. The molecule has 102 valence electrons. The molecule has 1 aromatic carbocycles. The van der Waals surface area contributed by atoms with E-state index in [1.54, 1.807) is 30.3 Å². The first-order chi connectivity index (χ1) is 9.06. The number of aliphatic hydroxyl groups excluding tert-OH is 1. The second-order valence-corrected chi connectivity index (χ2v) is 4.09. The number of rotatable bonds is 5. The molecule has 0 fully saturated rings. The summed E-state index contributed by atoms with van der Waals surface area (Å²) in [4.78, 5) is 22.7. The van der Waals surface area contributed by atoms with Crippen LogP contribution < -0.4 is 5.32 Å². The number of esters is 1. The Morgan fingerprint density at radius 1 is 1.53 bits per heavy atom. The predicted molar refractivity (Wildman–Crippen MR) is 71.5 cm³/mol. The third-order valence-electron chi connectivity index (χ3n) is 2.26. The first kappa shape index (κ1) is 15.2. The molecule has 19 heavy (non-hydrogen) atoms. The van der Waals surface area contributed by atoms with E-state index in [9.17, 15) is 9.59 Å². The molecule has 0 aliphatic heterocycles. The van der Waals surface area contributed by atoms with Crippen molar-refractivity contribution in [3.8, 4) is 0 Å². The quantitative estimate of drug-likeness (QED) is 0.624. The fraction of sp³-hybridized carbons (Fsp3) is 0.231. The first-order valence-corrected chi connectivity index (χ1v) is 5.87. The van der Waals surface area contributed by atoms with Gasteiger partial charge < -0.3 is 15.2 Å². The Labute approximate surface area is 115 Å². The number of amides is 1. The van der Waals surface area contributed by atoms with Crippen LogP contribution in [-0.2, 0) is 14.3 Å². The summed E-state index contributed by atoms with van der Waals surface area (Å²) in [5.41, 5.74) is 0.751. The second-order valence-electron chi connectivity index (χ2n) is 3.66. The molecule has 2 N–H and O–H groups in total. The molecule has 0 heterocycles. The van der Waals surface area contributed by atoms with E-state index in [-0.39, 0.29) is 0 Å². The lowest BCUT2D eigenvalue weighted by Gasteiger charge is -2.11. The van der Waals surface area contributed by atoms with Gasteiger partial charge in [0.05, 0.1) is 13.7 Å². The van der Waals surface area contributed by atoms with Crippen molar-refractivity contribution in [3.05, 3.63) is 40.9 Å². The van der Waals surface area contributed by atoms with Crippen LogP contribution in [0.1, 0.15) is 5.56 Å². The standard InChI is InChI=1S/C13H14ClNO4/c1-19-13(18)11(8-16)15-12(17)6-5-9-3-2-4-10(14)7-9/h2-7,11,16H,8H2,1H3,(H,15,17)/b6-5+/t11-/m1/s1. The van der Waals surface area contributed by atoms with Crippen molar-refractivity contribution in [1.82, 2.24) is 5.32 Å². The number of aliphatic hydroxyl groups is 1. The Kier molecular flexibility index (Phi) is 6.05. The van der Waals surface area contributed by atoms with Crippen LogP contribution >= 0.6 is 11.6 Å². The van der Waals surface area contributed by atoms with Crippen LogP contribution in [0.5, 0.6) is 0 Å². The molecule has 1 aromatic rings. The van der Waals surface area contributed by atoms with Gasteiger partial charge in [-0.25, -0.2) is 4.79 Å². The normalized spacial score (nSPS) is 12.2. The topological polar surface area (TPSA) is 75.6 Å². The molecular weight excluding hydrogens is 270 g/mol. The summed E-state index contributed by atoms with van der Waals surface area (Å²) in [6.07, 6.45) is 2.80. The van der Waals surface area contributed by atoms with E-state index in [4.69, 9.17) is 16.7 Å². The van der Waals surface area contributed by atoms with Gasteiger partial charge in [-0.3, -0.25) is 4.79 Å². The molecule has 0 aromatic heterocycles. The molecule has 0 radical (unpaired) electrons. The zero-order valence-corrected chi connectivity index (χ0v) is 11.1. The Bertz CT molecular complexity index is 487. The number of carbonyl (C=O) groups excluding carboxylic acids is 2. The average Bonchev–Trinajstić information content (AvgIpc) is 2.41. The maximum absolute atomic E-state index is 11.5. The van der Waals surface area contributed by atoms with Crippen LogP contribution in [-0.4, -0.2) is 36.7 Å². The van der Waals surface area contributed by atoms with Crippen LogP contribution in [0, 0.1) is 0 Å². The molecule has 0 bridgehead atoms. The molecule has 1 amide bonds. The number of benzene rings is 1. The number of halogens is 1. The average molecular weight is 284 g/mol. The van der Waals surface area contributed by atoms with Crippen LogP contribution in [0.2, 0.25) is 5.02 Å². The number of carbonyl (C=O) groups is 2. The highest BCUT2D eigenvalue weighted by molar-refractivity contribution is 6.30. The summed E-state index contributed by atoms with van der Waals surface area (Å²) >= 11 is 5.80. The van der Waals surface area contributed by atoms with Gasteiger partial charge in [0.15, 0.2) is 6.04 Å². The van der Waals surface area contributed by atoms with Crippen molar-refractivity contribution in [2.24, 2.45) is 0 Å². The highest BCUT2D eigenvalue weighted by Crippen LogP contribution is 2.11. The third kappa shape index (κ3) is 5.11. The maximum atomic E-state index is 11.5. The molecule has 0 saturated heterocycles. The molecule has 0 saturated carbocycles. The van der Waals surface area contributed by atoms with Gasteiger partial charge in [-0.15, -0.1) is 0 Å². The van der Waals surface area contributed by atoms with Crippen molar-refractivity contribution in [2.75, 3.05) is 13.7 Å². The van der Waals surface area contributed by atoms with Gasteiger partial charge in [0.25, 0.3) is 0 Å². The zero-order valence-electron chi connectivity index (χ0n) is 10.3. The van der Waals surface area contributed by atoms with Gasteiger partial charge in [0.2, 0.25) is 5.91 Å². The fourth-order valence-corrected chi connectivity index (χ4v) is 1.52. The van der Waals surface area contributed by atoms with Crippen molar-refractivity contribution >= 4 is 29.6 Å². The zero-order chi connectivity index (χ0) is 14.3. The van der Waals surface area contributed by atoms with Crippen LogP contribution in [0.3, 0.4) is 0 Å². The van der Waals surface area contributed by atoms with Crippen LogP contribution in [0.25, 0.3) is 6.08 Å². The van der Waals surface area contributed by atoms with E-state index in [2.05, 4.69) is 10.1 Å². The van der Waals surface area contributed by atoms with Gasteiger partial charge in [0, 0.05) is 11.1 Å². The van der Waals surface area contributed by atoms with E-state index >= 15 is 0 Å². The van der Waals surface area contributed by atoms with E-state index < -0.39 is 24.5 Å². The van der Waals surface area contributed by atoms with Crippen molar-refractivity contribution in [1.29, 1.82) is 0 Å². The van der Waals surface area contributed by atoms with Crippen molar-refractivity contribution < 1.29 is 19.4 Å². The second kappa shape index (κ2) is 7.56. The minimum Gasteiger partial charge on any atom is -0.467 e. The lowest BCUT2D eigenvalue weighted by atomic mass is 10.2. The molecular formula is C13H14ClNO4. The van der Waals surface area contributed by atoms with Gasteiger partial charge in [0.1, 0.15) is 0 Å². The van der Waals surface area contributed by atoms with E-state index in [0.717, 1.165) is 5.56 Å².